The van der Waals surface area contributed by atoms with Crippen molar-refractivity contribution in [2.75, 3.05) is 11.9 Å². The summed E-state index contributed by atoms with van der Waals surface area (Å²) in [6.45, 7) is 1.02. The lowest BCUT2D eigenvalue weighted by Gasteiger charge is -2.17. The zero-order valence-corrected chi connectivity index (χ0v) is 17.0. The molecule has 0 bridgehead atoms. The molecule has 1 fully saturated rings. The highest BCUT2D eigenvalue weighted by Crippen LogP contribution is 2.26. The fourth-order valence-electron chi connectivity index (χ4n) is 2.97. The topological polar surface area (TPSA) is 179 Å². The number of rotatable bonds is 8. The van der Waals surface area contributed by atoms with E-state index in [1.807, 2.05) is 0 Å². The molecule has 2 aromatic heterocycles. The summed E-state index contributed by atoms with van der Waals surface area (Å²) in [6.07, 6.45) is -0.840. The Kier molecular flexibility index (Phi) is 6.62. The van der Waals surface area contributed by atoms with Gasteiger partial charge in [-0.1, -0.05) is 5.21 Å². The summed E-state index contributed by atoms with van der Waals surface area (Å²) in [4.78, 5) is 11.1. The molecule has 14 heteroatoms. The van der Waals surface area contributed by atoms with Crippen molar-refractivity contribution in [1.29, 1.82) is 0 Å². The molecule has 0 saturated carbocycles. The van der Waals surface area contributed by atoms with Crippen LogP contribution in [0.2, 0.25) is 0 Å². The van der Waals surface area contributed by atoms with Crippen molar-refractivity contribution in [2.45, 2.75) is 48.5 Å². The maximum absolute atomic E-state index is 12.5. The Balaban J connectivity index is 1.64. The first-order chi connectivity index (χ1) is 13.7. The summed E-state index contributed by atoms with van der Waals surface area (Å²) < 4.78 is 28.9. The molecule has 29 heavy (non-hydrogen) atoms. The minimum absolute atomic E-state index is 0.0436. The van der Waals surface area contributed by atoms with Crippen LogP contribution < -0.4 is 15.4 Å². The lowest BCUT2D eigenvalue weighted by atomic mass is 10.1. The number of nitrogens with zero attached hydrogens (tertiary/aromatic N) is 3. The van der Waals surface area contributed by atoms with Crippen LogP contribution in [0.4, 0.5) is 5.00 Å². The molecule has 0 radical (unpaired) electrons. The van der Waals surface area contributed by atoms with E-state index in [1.165, 1.54) is 29.9 Å². The van der Waals surface area contributed by atoms with Gasteiger partial charge >= 0.3 is 0 Å². The Morgan fingerprint density at radius 3 is 2.69 bits per heavy atom. The van der Waals surface area contributed by atoms with Crippen LogP contribution in [-0.4, -0.2) is 75.5 Å². The Hall–Kier alpha value is -1.94. The third-order valence-electron chi connectivity index (χ3n) is 4.46. The molecule has 1 aliphatic heterocycles. The summed E-state index contributed by atoms with van der Waals surface area (Å²) in [7, 11) is -3.82. The quantitative estimate of drug-likeness (QED) is 0.263. The molecular formula is C15H22N6O6S2. The zero-order valence-electron chi connectivity index (χ0n) is 15.4. The molecule has 4 atom stereocenters. The molecule has 1 amide bonds. The van der Waals surface area contributed by atoms with E-state index in [9.17, 15) is 28.5 Å². The molecule has 1 saturated heterocycles. The lowest BCUT2D eigenvalue weighted by Crippen LogP contribution is -2.39. The first kappa shape index (κ1) is 21.8. The largest absolute Gasteiger partial charge is 0.395 e. The Bertz CT molecular complexity index is 960. The molecule has 2 aromatic rings. The van der Waals surface area contributed by atoms with Crippen molar-refractivity contribution < 1.29 is 28.5 Å². The van der Waals surface area contributed by atoms with E-state index < -0.39 is 34.3 Å². The highest BCUT2D eigenvalue weighted by atomic mass is 32.2. The van der Waals surface area contributed by atoms with Crippen LogP contribution in [0.5, 0.6) is 0 Å². The van der Waals surface area contributed by atoms with Crippen LogP contribution in [0.15, 0.2) is 22.5 Å². The van der Waals surface area contributed by atoms with Crippen LogP contribution in [-0.2, 0) is 27.9 Å². The molecule has 1 aliphatic rings. The van der Waals surface area contributed by atoms with Gasteiger partial charge in [-0.05, 0) is 12.1 Å². The molecule has 0 spiro atoms. The fraction of sp³-hybridized carbons (Fsp3) is 0.533. The second-order valence-electron chi connectivity index (χ2n) is 6.58. The van der Waals surface area contributed by atoms with E-state index in [1.54, 1.807) is 0 Å². The maximum Gasteiger partial charge on any atom is 0.250 e. The van der Waals surface area contributed by atoms with Gasteiger partial charge in [-0.2, -0.15) is 0 Å². The van der Waals surface area contributed by atoms with E-state index in [2.05, 4.69) is 25.7 Å². The highest BCUT2D eigenvalue weighted by Gasteiger charge is 2.40. The molecule has 12 nitrogen and oxygen atoms in total. The molecule has 160 valence electrons. The van der Waals surface area contributed by atoms with Crippen molar-refractivity contribution in [1.82, 2.24) is 25.0 Å². The maximum atomic E-state index is 12.5. The van der Waals surface area contributed by atoms with Crippen molar-refractivity contribution in [3.63, 3.8) is 0 Å². The van der Waals surface area contributed by atoms with Gasteiger partial charge in [0.25, 0.3) is 0 Å². The van der Waals surface area contributed by atoms with Gasteiger partial charge in [-0.3, -0.25) is 4.79 Å². The predicted octanol–water partition coefficient (Wildman–Crippen LogP) is -2.17. The van der Waals surface area contributed by atoms with Crippen LogP contribution in [0, 0.1) is 0 Å². The number of aromatic nitrogens is 3. The molecule has 3 heterocycles. The second kappa shape index (κ2) is 8.83. The number of aliphatic hydroxyl groups is 3. The summed E-state index contributed by atoms with van der Waals surface area (Å²) in [5.74, 6) is -0.296. The molecule has 6 N–H and O–H groups in total. The zero-order chi connectivity index (χ0) is 21.2. The van der Waals surface area contributed by atoms with Gasteiger partial charge in [-0.15, -0.1) is 16.4 Å². The Labute approximate surface area is 170 Å². The minimum atomic E-state index is -3.82. The van der Waals surface area contributed by atoms with E-state index in [0.29, 0.717) is 10.7 Å². The summed E-state index contributed by atoms with van der Waals surface area (Å²) >= 11 is 0.924. The van der Waals surface area contributed by atoms with Crippen molar-refractivity contribution >= 4 is 32.3 Å². The normalized spacial score (nSPS) is 24.7. The third-order valence-corrected chi connectivity index (χ3v) is 7.35. The molecule has 0 aliphatic carbocycles. The molecular weight excluding hydrogens is 424 g/mol. The third kappa shape index (κ3) is 4.98. The van der Waals surface area contributed by atoms with E-state index in [0.717, 1.165) is 11.3 Å². The van der Waals surface area contributed by atoms with Gasteiger partial charge in [0.15, 0.2) is 0 Å². The average Bonchev–Trinajstić information content (AvgIpc) is 3.36. The average molecular weight is 447 g/mol. The lowest BCUT2D eigenvalue weighted by molar-refractivity contribution is -0.114. The number of carbonyl (C=O) groups excluding carboxylic acids is 1. The smallest absolute Gasteiger partial charge is 0.250 e. The summed E-state index contributed by atoms with van der Waals surface area (Å²) in [5, 5.41) is 42.7. The van der Waals surface area contributed by atoms with Crippen LogP contribution in [0.1, 0.15) is 12.6 Å². The van der Waals surface area contributed by atoms with Gasteiger partial charge in [0.1, 0.15) is 4.21 Å². The summed E-state index contributed by atoms with van der Waals surface area (Å²) in [6, 6.07) is 1.65. The van der Waals surface area contributed by atoms with Crippen LogP contribution in [0.25, 0.3) is 0 Å². The first-order valence-electron chi connectivity index (χ1n) is 8.68. The molecule has 0 unspecified atom stereocenters. The van der Waals surface area contributed by atoms with Crippen LogP contribution >= 0.6 is 11.3 Å². The van der Waals surface area contributed by atoms with Crippen molar-refractivity contribution in [3.05, 3.63) is 24.0 Å². The number of sulfonamides is 1. The Morgan fingerprint density at radius 2 is 2.03 bits per heavy atom. The van der Waals surface area contributed by atoms with Gasteiger partial charge in [0.2, 0.25) is 15.9 Å². The predicted molar refractivity (Wildman–Crippen MR) is 102 cm³/mol. The molecule has 0 aromatic carbocycles. The number of thiophene rings is 1. The number of nitrogens with one attached hydrogen (secondary N) is 3. The van der Waals surface area contributed by atoms with Gasteiger partial charge < -0.3 is 26.0 Å². The highest BCUT2D eigenvalue weighted by molar-refractivity contribution is 7.91. The van der Waals surface area contributed by atoms with Gasteiger partial charge in [-0.25, -0.2) is 17.8 Å². The van der Waals surface area contributed by atoms with E-state index in [-0.39, 0.29) is 29.8 Å². The standard InChI is InChI=1S/C15H22N6O6S2/c1-8(23)18-12-2-3-13(28-12)29(26,27)17-5-9-4-16-20-21(9)6-10-14(24)15(25)11(7-22)19-10/h2-4,10-11,14-15,17,19,22,24-25H,5-7H2,1H3,(H,18,23)/t10-,11-,14-,15-/m1/s1. The SMILES string of the molecule is CC(=O)Nc1ccc(S(=O)(=O)NCc2cnnn2C[C@H]2N[C@H](CO)[C@@H](O)[C@@H]2O)s1. The number of aliphatic hydroxyl groups excluding tert-OH is 3. The molecule has 3 rings (SSSR count). The van der Waals surface area contributed by atoms with Crippen molar-refractivity contribution in [2.24, 2.45) is 0 Å². The number of anilines is 1. The minimum Gasteiger partial charge on any atom is -0.395 e. The fourth-order valence-corrected chi connectivity index (χ4v) is 5.27. The Morgan fingerprint density at radius 1 is 1.31 bits per heavy atom. The van der Waals surface area contributed by atoms with E-state index in [4.69, 9.17) is 0 Å². The van der Waals surface area contributed by atoms with Crippen molar-refractivity contribution in [3.8, 4) is 0 Å². The second-order valence-corrected chi connectivity index (χ2v) is 9.65. The number of hydrogen-bond donors (Lipinski definition) is 6. The van der Waals surface area contributed by atoms with Gasteiger partial charge in [0, 0.05) is 6.92 Å². The number of carbonyl (C=O) groups is 1. The first-order valence-corrected chi connectivity index (χ1v) is 11.0. The van der Waals surface area contributed by atoms with Gasteiger partial charge in [0.05, 0.1) is 60.9 Å². The number of hydrogen-bond acceptors (Lipinski definition) is 10. The van der Waals surface area contributed by atoms with E-state index >= 15 is 0 Å². The van der Waals surface area contributed by atoms with Crippen LogP contribution in [0.3, 0.4) is 0 Å². The number of amides is 1. The summed E-state index contributed by atoms with van der Waals surface area (Å²) in [5.41, 5.74) is 0.447. The monoisotopic (exact) mass is 446 g/mol.